The zero-order valence-corrected chi connectivity index (χ0v) is 16.0. The minimum absolute atomic E-state index is 0.0563. The van der Waals surface area contributed by atoms with Crippen molar-refractivity contribution in [3.05, 3.63) is 39.8 Å². The summed E-state index contributed by atoms with van der Waals surface area (Å²) in [7, 11) is 0. The summed E-state index contributed by atoms with van der Waals surface area (Å²) in [5.41, 5.74) is -0.967. The van der Waals surface area contributed by atoms with Gasteiger partial charge in [0.15, 0.2) is 5.96 Å². The molecule has 27 heavy (non-hydrogen) atoms. The van der Waals surface area contributed by atoms with Gasteiger partial charge in [0.2, 0.25) is 5.95 Å². The van der Waals surface area contributed by atoms with Crippen molar-refractivity contribution in [2.45, 2.75) is 33.0 Å². The van der Waals surface area contributed by atoms with E-state index in [1.165, 1.54) is 9.75 Å². The van der Waals surface area contributed by atoms with Crippen LogP contribution in [0.4, 0.5) is 19.1 Å². The van der Waals surface area contributed by atoms with E-state index in [1.54, 1.807) is 11.3 Å². The summed E-state index contributed by atoms with van der Waals surface area (Å²) in [6.07, 6.45) is -2.39. The highest BCUT2D eigenvalue weighted by molar-refractivity contribution is 7.11. The Hall–Kier alpha value is -2.36. The number of aliphatic imine (C=N–C) groups is 1. The Labute approximate surface area is 160 Å². The molecule has 0 spiro atoms. The molecule has 0 aliphatic rings. The number of alkyl halides is 3. The van der Waals surface area contributed by atoms with Crippen molar-refractivity contribution in [1.29, 1.82) is 0 Å². The Morgan fingerprint density at radius 1 is 1.11 bits per heavy atom. The molecule has 0 unspecified atom stereocenters. The molecule has 2 aromatic heterocycles. The second-order valence-corrected chi connectivity index (χ2v) is 6.79. The Morgan fingerprint density at radius 2 is 1.89 bits per heavy atom. The van der Waals surface area contributed by atoms with Crippen LogP contribution in [-0.4, -0.2) is 35.6 Å². The number of aromatic nitrogens is 2. The van der Waals surface area contributed by atoms with E-state index in [-0.39, 0.29) is 5.95 Å². The fraction of sp³-hybridized carbons (Fsp3) is 0.471. The van der Waals surface area contributed by atoms with Gasteiger partial charge in [-0.3, -0.25) is 0 Å². The monoisotopic (exact) mass is 400 g/mol. The lowest BCUT2D eigenvalue weighted by atomic mass is 10.4. The number of aryl methyl sites for hydroxylation is 1. The molecule has 0 aliphatic carbocycles. The van der Waals surface area contributed by atoms with Crippen molar-refractivity contribution in [2.75, 3.05) is 25.0 Å². The van der Waals surface area contributed by atoms with E-state index in [0.717, 1.165) is 18.7 Å². The van der Waals surface area contributed by atoms with E-state index < -0.39 is 11.9 Å². The van der Waals surface area contributed by atoms with Crippen molar-refractivity contribution in [3.8, 4) is 0 Å². The molecule has 0 amide bonds. The van der Waals surface area contributed by atoms with E-state index in [1.807, 2.05) is 6.92 Å². The quantitative estimate of drug-likeness (QED) is 0.360. The van der Waals surface area contributed by atoms with Crippen LogP contribution in [0, 0.1) is 0 Å². The lowest BCUT2D eigenvalue weighted by Gasteiger charge is -2.12. The molecule has 0 radical (unpaired) electrons. The van der Waals surface area contributed by atoms with Gasteiger partial charge in [-0.15, -0.1) is 11.3 Å². The van der Waals surface area contributed by atoms with Gasteiger partial charge >= 0.3 is 6.18 Å². The maximum Gasteiger partial charge on any atom is 0.433 e. The topological polar surface area (TPSA) is 74.2 Å². The number of hydrogen-bond donors (Lipinski definition) is 3. The molecule has 0 aliphatic heterocycles. The largest absolute Gasteiger partial charge is 0.433 e. The van der Waals surface area contributed by atoms with Gasteiger partial charge < -0.3 is 16.0 Å². The zero-order chi connectivity index (χ0) is 19.7. The summed E-state index contributed by atoms with van der Waals surface area (Å²) in [5.74, 6) is 0.593. The van der Waals surface area contributed by atoms with Crippen LogP contribution in [-0.2, 0) is 19.1 Å². The lowest BCUT2D eigenvalue weighted by molar-refractivity contribution is -0.141. The van der Waals surface area contributed by atoms with Crippen molar-refractivity contribution in [2.24, 2.45) is 4.99 Å². The first-order chi connectivity index (χ1) is 12.9. The average Bonchev–Trinajstić information content (AvgIpc) is 3.11. The third-order valence-corrected chi connectivity index (χ3v) is 4.66. The van der Waals surface area contributed by atoms with Gasteiger partial charge in [-0.25, -0.2) is 15.0 Å². The molecule has 10 heteroatoms. The van der Waals surface area contributed by atoms with Gasteiger partial charge in [-0.1, -0.05) is 6.92 Å². The molecule has 3 N–H and O–H groups in total. The van der Waals surface area contributed by atoms with Crippen LogP contribution in [0.3, 0.4) is 0 Å². The predicted octanol–water partition coefficient (Wildman–Crippen LogP) is 3.29. The average molecular weight is 400 g/mol. The van der Waals surface area contributed by atoms with Crippen molar-refractivity contribution in [1.82, 2.24) is 20.6 Å². The summed E-state index contributed by atoms with van der Waals surface area (Å²) in [6, 6.07) is 5.02. The van der Waals surface area contributed by atoms with Crippen LogP contribution >= 0.6 is 11.3 Å². The van der Waals surface area contributed by atoms with Gasteiger partial charge in [0.1, 0.15) is 5.69 Å². The molecule has 0 atom stereocenters. The normalized spacial score (nSPS) is 12.1. The summed E-state index contributed by atoms with van der Waals surface area (Å²) in [4.78, 5) is 14.3. The maximum absolute atomic E-state index is 12.6. The predicted molar refractivity (Wildman–Crippen MR) is 102 cm³/mol. The van der Waals surface area contributed by atoms with Crippen molar-refractivity contribution in [3.63, 3.8) is 0 Å². The summed E-state index contributed by atoms with van der Waals surface area (Å²) < 4.78 is 37.9. The van der Waals surface area contributed by atoms with E-state index in [4.69, 9.17) is 0 Å². The second kappa shape index (κ2) is 10.1. The van der Waals surface area contributed by atoms with E-state index in [2.05, 4.69) is 50.0 Å². The molecular weight excluding hydrogens is 377 g/mol. The molecule has 6 nitrogen and oxygen atoms in total. The van der Waals surface area contributed by atoms with Crippen LogP contribution in [0.1, 0.15) is 29.3 Å². The molecular formula is C17H23F3N6S. The standard InChI is InChI=1S/C17H23F3N6S/c1-3-12-5-6-13(27-12)11-25-15(21-4-2)23-9-10-24-16-22-8-7-14(26-16)17(18,19)20/h5-8H,3-4,9-11H2,1-2H3,(H2,21,23,25)(H,22,24,26). The first kappa shape index (κ1) is 20.9. The molecule has 0 saturated carbocycles. The number of rotatable bonds is 8. The molecule has 0 bridgehead atoms. The summed E-state index contributed by atoms with van der Waals surface area (Å²) >= 11 is 1.74. The molecule has 0 fully saturated rings. The molecule has 2 aromatic rings. The Kier molecular flexibility index (Phi) is 7.83. The first-order valence-corrected chi connectivity index (χ1v) is 9.48. The molecule has 0 saturated heterocycles. The maximum atomic E-state index is 12.6. The van der Waals surface area contributed by atoms with E-state index >= 15 is 0 Å². The number of hydrogen-bond acceptors (Lipinski definition) is 5. The minimum Gasteiger partial charge on any atom is -0.357 e. The fourth-order valence-corrected chi connectivity index (χ4v) is 3.04. The number of halogens is 3. The van der Waals surface area contributed by atoms with Crippen LogP contribution in [0.25, 0.3) is 0 Å². The van der Waals surface area contributed by atoms with Gasteiger partial charge in [-0.05, 0) is 31.5 Å². The lowest BCUT2D eigenvalue weighted by Crippen LogP contribution is -2.39. The Balaban J connectivity index is 1.83. The Morgan fingerprint density at radius 3 is 2.56 bits per heavy atom. The zero-order valence-electron chi connectivity index (χ0n) is 15.2. The van der Waals surface area contributed by atoms with E-state index in [9.17, 15) is 13.2 Å². The van der Waals surface area contributed by atoms with Crippen molar-refractivity contribution < 1.29 is 13.2 Å². The summed E-state index contributed by atoms with van der Waals surface area (Å²) in [6.45, 7) is 6.17. The molecule has 0 aromatic carbocycles. The number of nitrogens with one attached hydrogen (secondary N) is 3. The molecule has 2 heterocycles. The third kappa shape index (κ3) is 7.05. The van der Waals surface area contributed by atoms with Crippen LogP contribution < -0.4 is 16.0 Å². The van der Waals surface area contributed by atoms with E-state index in [0.29, 0.717) is 32.1 Å². The van der Waals surface area contributed by atoms with Gasteiger partial charge in [0.25, 0.3) is 0 Å². The van der Waals surface area contributed by atoms with Crippen LogP contribution in [0.15, 0.2) is 29.4 Å². The SMILES string of the molecule is CCNC(=NCc1ccc(CC)s1)NCCNc1nccc(C(F)(F)F)n1. The number of guanidine groups is 1. The Bertz CT molecular complexity index is 744. The number of anilines is 1. The van der Waals surface area contributed by atoms with Crippen LogP contribution in [0.5, 0.6) is 0 Å². The minimum atomic E-state index is -4.48. The first-order valence-electron chi connectivity index (χ1n) is 8.66. The highest BCUT2D eigenvalue weighted by Gasteiger charge is 2.32. The number of nitrogens with zero attached hydrogens (tertiary/aromatic N) is 3. The van der Waals surface area contributed by atoms with Gasteiger partial charge in [0, 0.05) is 35.6 Å². The number of thiophene rings is 1. The van der Waals surface area contributed by atoms with Crippen molar-refractivity contribution >= 4 is 23.2 Å². The highest BCUT2D eigenvalue weighted by Crippen LogP contribution is 2.27. The molecule has 148 valence electrons. The van der Waals surface area contributed by atoms with Gasteiger partial charge in [0.05, 0.1) is 6.54 Å². The molecule has 2 rings (SSSR count). The van der Waals surface area contributed by atoms with Crippen LogP contribution in [0.2, 0.25) is 0 Å². The second-order valence-electron chi connectivity index (χ2n) is 5.53. The smallest absolute Gasteiger partial charge is 0.357 e. The summed E-state index contributed by atoms with van der Waals surface area (Å²) in [5, 5.41) is 9.04. The fourth-order valence-electron chi connectivity index (χ4n) is 2.15. The van der Waals surface area contributed by atoms with Gasteiger partial charge in [-0.2, -0.15) is 13.2 Å². The highest BCUT2D eigenvalue weighted by atomic mass is 32.1. The third-order valence-electron chi connectivity index (χ3n) is 3.45.